The van der Waals surface area contributed by atoms with Crippen molar-refractivity contribution in [2.45, 2.75) is 84.7 Å². The number of alkyl carbamates (subject to hydrolysis) is 1. The summed E-state index contributed by atoms with van der Waals surface area (Å²) in [6.45, 7) is 9.36. The average molecular weight is 787 g/mol. The number of hydrogen-bond acceptors (Lipinski definition) is 10. The number of H-pyrrole nitrogens is 2. The van der Waals surface area contributed by atoms with Crippen LogP contribution >= 0.6 is 0 Å². The topological polar surface area (TPSA) is 201 Å². The number of aromatic amines is 2. The summed E-state index contributed by atoms with van der Waals surface area (Å²) >= 11 is 0. The van der Waals surface area contributed by atoms with E-state index in [1.807, 2.05) is 53.2 Å². The molecule has 1 aliphatic rings. The molecule has 0 fully saturated rings. The predicted molar refractivity (Wildman–Crippen MR) is 218 cm³/mol. The van der Waals surface area contributed by atoms with Crippen molar-refractivity contribution in [2.24, 2.45) is 11.8 Å². The Kier molecular flexibility index (Phi) is 17.1. The van der Waals surface area contributed by atoms with Gasteiger partial charge in [-0.05, 0) is 80.0 Å². The van der Waals surface area contributed by atoms with Crippen LogP contribution in [0.15, 0.2) is 48.8 Å². The van der Waals surface area contributed by atoms with E-state index in [1.54, 1.807) is 0 Å². The van der Waals surface area contributed by atoms with Crippen LogP contribution in [0.1, 0.15) is 76.2 Å². The number of fused-ring (bicyclic) bond motifs is 2. The summed E-state index contributed by atoms with van der Waals surface area (Å²) in [5.41, 5.74) is 6.19. The molecule has 15 heteroatoms. The number of nitrogens with one attached hydrogen (secondary N) is 6. The lowest BCUT2D eigenvalue weighted by molar-refractivity contribution is -0.126. The highest BCUT2D eigenvalue weighted by Gasteiger charge is 2.24. The van der Waals surface area contributed by atoms with Crippen molar-refractivity contribution in [1.82, 2.24) is 41.2 Å². The van der Waals surface area contributed by atoms with E-state index in [-0.39, 0.29) is 29.7 Å². The smallest absolute Gasteiger partial charge is 0.407 e. The Hall–Kier alpha value is -5.70. The van der Waals surface area contributed by atoms with Gasteiger partial charge in [-0.2, -0.15) is 0 Å². The third-order valence-electron chi connectivity index (χ3n) is 9.65. The Morgan fingerprint density at radius 3 is 1.84 bits per heavy atom. The third kappa shape index (κ3) is 12.9. The van der Waals surface area contributed by atoms with Crippen LogP contribution in [0.25, 0.3) is 22.5 Å². The van der Waals surface area contributed by atoms with Gasteiger partial charge in [0.05, 0.1) is 44.0 Å². The van der Waals surface area contributed by atoms with Crippen molar-refractivity contribution in [3.05, 3.63) is 71.6 Å². The summed E-state index contributed by atoms with van der Waals surface area (Å²) in [4.78, 5) is 61.5. The number of imidazole rings is 2. The Morgan fingerprint density at radius 2 is 1.32 bits per heavy atom. The van der Waals surface area contributed by atoms with Crippen LogP contribution in [0.4, 0.5) is 4.79 Å². The molecule has 0 spiro atoms. The fraction of sp³-hybridized carbons (Fsp3) is 0.476. The summed E-state index contributed by atoms with van der Waals surface area (Å²) in [5, 5.41) is 11.6. The highest BCUT2D eigenvalue weighted by atomic mass is 16.5. The molecular weight excluding hydrogens is 729 g/mol. The number of hydrogen-bond donors (Lipinski definition) is 6. The summed E-state index contributed by atoms with van der Waals surface area (Å²) in [6, 6.07) is 11.7. The van der Waals surface area contributed by atoms with Gasteiger partial charge in [-0.25, -0.2) is 14.8 Å². The van der Waals surface area contributed by atoms with Crippen molar-refractivity contribution >= 4 is 24.4 Å². The molecule has 6 N–H and O–H groups in total. The third-order valence-corrected chi connectivity index (χ3v) is 9.65. The van der Waals surface area contributed by atoms with Gasteiger partial charge in [0, 0.05) is 43.5 Å². The van der Waals surface area contributed by atoms with E-state index in [0.29, 0.717) is 19.6 Å². The number of rotatable bonds is 19. The van der Waals surface area contributed by atoms with Crippen LogP contribution in [-0.2, 0) is 43.1 Å². The SMILES string of the molecule is CN[C@H](C(=O)NCCCCc1ncc(-c2ccc3c(c2)Cc2ccc(-c4cnc(CCCCNC(=O)C(NC(=O)OC)C(C)C)[nH]4)cc2O3)[nH]1)C(C)C.COC=O. The number of carbonyl (C=O) groups is 4. The van der Waals surface area contributed by atoms with Gasteiger partial charge in [-0.3, -0.25) is 14.4 Å². The Bertz CT molecular complexity index is 1920. The number of benzene rings is 2. The van der Waals surface area contributed by atoms with Crippen LogP contribution in [0.2, 0.25) is 0 Å². The Balaban J connectivity index is 0.00000172. The van der Waals surface area contributed by atoms with E-state index in [0.717, 1.165) is 102 Å². The average Bonchev–Trinajstić information content (AvgIpc) is 3.89. The van der Waals surface area contributed by atoms with E-state index in [2.05, 4.69) is 81.0 Å². The lowest BCUT2D eigenvalue weighted by atomic mass is 9.96. The zero-order valence-electron chi connectivity index (χ0n) is 34.1. The maximum absolute atomic E-state index is 12.5. The molecule has 0 aliphatic carbocycles. The zero-order chi connectivity index (χ0) is 41.3. The molecular formula is C42H58N8O7. The predicted octanol–water partition coefficient (Wildman–Crippen LogP) is 5.45. The van der Waals surface area contributed by atoms with Crippen molar-refractivity contribution in [2.75, 3.05) is 34.4 Å². The first kappa shape index (κ1) is 44.0. The zero-order valence-corrected chi connectivity index (χ0v) is 34.1. The highest BCUT2D eigenvalue weighted by molar-refractivity contribution is 5.85. The van der Waals surface area contributed by atoms with Gasteiger partial charge in [0.2, 0.25) is 11.8 Å². The van der Waals surface area contributed by atoms with E-state index in [4.69, 9.17) is 9.53 Å². The fourth-order valence-electron chi connectivity index (χ4n) is 6.51. The quantitative estimate of drug-likeness (QED) is 0.0462. The highest BCUT2D eigenvalue weighted by Crippen LogP contribution is 2.40. The van der Waals surface area contributed by atoms with Crippen molar-refractivity contribution < 1.29 is 33.4 Å². The second-order valence-corrected chi connectivity index (χ2v) is 14.6. The van der Waals surface area contributed by atoms with Gasteiger partial charge < -0.3 is 45.4 Å². The molecule has 57 heavy (non-hydrogen) atoms. The van der Waals surface area contributed by atoms with E-state index < -0.39 is 12.1 Å². The number of amides is 3. The summed E-state index contributed by atoms with van der Waals surface area (Å²) < 4.78 is 14.9. The normalized spacial score (nSPS) is 12.6. The van der Waals surface area contributed by atoms with Gasteiger partial charge in [-0.1, -0.05) is 39.8 Å². The molecule has 5 rings (SSSR count). The number of nitrogens with zero attached hydrogens (tertiary/aromatic N) is 2. The van der Waals surface area contributed by atoms with Crippen LogP contribution in [-0.4, -0.2) is 90.8 Å². The first-order valence-corrected chi connectivity index (χ1v) is 19.5. The molecule has 308 valence electrons. The van der Waals surface area contributed by atoms with Crippen LogP contribution < -0.4 is 26.0 Å². The largest absolute Gasteiger partial charge is 0.471 e. The molecule has 3 heterocycles. The van der Waals surface area contributed by atoms with Gasteiger partial charge in [0.1, 0.15) is 29.2 Å². The second-order valence-electron chi connectivity index (χ2n) is 14.6. The molecule has 0 radical (unpaired) electrons. The lowest BCUT2D eigenvalue weighted by Crippen LogP contribution is -2.49. The molecule has 1 aliphatic heterocycles. The van der Waals surface area contributed by atoms with E-state index >= 15 is 0 Å². The van der Waals surface area contributed by atoms with Crippen molar-refractivity contribution in [3.8, 4) is 34.0 Å². The Labute approximate surface area is 334 Å². The minimum atomic E-state index is -0.644. The molecule has 0 saturated carbocycles. The number of carbonyl (C=O) groups excluding carboxylic acids is 4. The van der Waals surface area contributed by atoms with E-state index in [1.165, 1.54) is 14.2 Å². The molecule has 2 atom stereocenters. The minimum Gasteiger partial charge on any atom is -0.471 e. The molecule has 15 nitrogen and oxygen atoms in total. The number of unbranched alkanes of at least 4 members (excludes halogenated alkanes) is 2. The number of ether oxygens (including phenoxy) is 3. The number of methoxy groups -OCH3 is 2. The standard InChI is InChI=1S/C40H54N8O5.C2H4O2/c1-24(2)36(41-5)38(49)42-17-9-7-11-34-44-22-30(46-34)26-15-16-32-29(19-26)20-28-14-13-27(21-33(28)53-32)31-23-45-35(47-31)12-8-10-18-43-39(50)37(25(3)4)48-40(51)52-6;1-4-2-3/h13-16,19,21-25,36-37,41H,7-12,17-18,20H2,1-6H3,(H,42,49)(H,43,50)(H,44,46)(H,45,47)(H,48,51);2H,1H3/t36-,37?;/m0./s1. The Morgan fingerprint density at radius 1 is 0.772 bits per heavy atom. The molecule has 0 saturated heterocycles. The molecule has 4 aromatic rings. The molecule has 1 unspecified atom stereocenters. The first-order chi connectivity index (χ1) is 27.5. The van der Waals surface area contributed by atoms with Gasteiger partial charge >= 0.3 is 6.09 Å². The van der Waals surface area contributed by atoms with Crippen molar-refractivity contribution in [3.63, 3.8) is 0 Å². The number of aryl methyl sites for hydroxylation is 2. The molecule has 2 aromatic heterocycles. The summed E-state index contributed by atoms with van der Waals surface area (Å²) in [7, 11) is 4.41. The van der Waals surface area contributed by atoms with Gasteiger partial charge in [0.25, 0.3) is 6.47 Å². The minimum absolute atomic E-state index is 0.0491. The lowest BCUT2D eigenvalue weighted by Gasteiger charge is -2.21. The van der Waals surface area contributed by atoms with Crippen molar-refractivity contribution in [1.29, 1.82) is 0 Å². The molecule has 2 aromatic carbocycles. The van der Waals surface area contributed by atoms with Crippen LogP contribution in [0, 0.1) is 11.8 Å². The second kappa shape index (κ2) is 22.1. The van der Waals surface area contributed by atoms with Crippen LogP contribution in [0.5, 0.6) is 11.5 Å². The molecule has 3 amide bonds. The van der Waals surface area contributed by atoms with Gasteiger partial charge in [-0.15, -0.1) is 0 Å². The summed E-state index contributed by atoms with van der Waals surface area (Å²) in [5.74, 6) is 3.50. The molecule has 0 bridgehead atoms. The number of likely N-dealkylation sites (N-methyl/N-ethyl adjacent to an activating group) is 1. The first-order valence-electron chi connectivity index (χ1n) is 19.5. The fourth-order valence-corrected chi connectivity index (χ4v) is 6.51. The monoisotopic (exact) mass is 786 g/mol. The summed E-state index contributed by atoms with van der Waals surface area (Å²) in [6.07, 6.45) is 8.86. The number of aromatic nitrogens is 4. The maximum atomic E-state index is 12.5. The maximum Gasteiger partial charge on any atom is 0.407 e. The van der Waals surface area contributed by atoms with E-state index in [9.17, 15) is 14.4 Å². The van der Waals surface area contributed by atoms with Gasteiger partial charge in [0.15, 0.2) is 0 Å². The van der Waals surface area contributed by atoms with Crippen LogP contribution in [0.3, 0.4) is 0 Å².